The molecular formula is C18H27N3. The largest absolute Gasteiger partial charge is 0.384 e. The predicted octanol–water partition coefficient (Wildman–Crippen LogP) is 2.71. The first-order chi connectivity index (χ1) is 10.4. The highest BCUT2D eigenvalue weighted by atomic mass is 15.3. The van der Waals surface area contributed by atoms with Crippen LogP contribution in [0.4, 0.5) is 5.69 Å². The standard InChI is InChI=1S/C18H27N3/c1-2-4-17(3-1)21-11-9-20(10-12-21)14-15-5-6-16-7-8-19-18(16)13-15/h5-6,13,17,19H,1-4,7-12,14H2. The third-order valence-electron chi connectivity index (χ3n) is 5.54. The Morgan fingerprint density at radius 1 is 1.05 bits per heavy atom. The van der Waals surface area contributed by atoms with Crippen LogP contribution in [0.3, 0.4) is 0 Å². The summed E-state index contributed by atoms with van der Waals surface area (Å²) >= 11 is 0. The van der Waals surface area contributed by atoms with Crippen molar-refractivity contribution in [3.8, 4) is 0 Å². The molecule has 1 aromatic rings. The van der Waals surface area contributed by atoms with E-state index >= 15 is 0 Å². The fraction of sp³-hybridized carbons (Fsp3) is 0.667. The molecule has 2 heterocycles. The van der Waals surface area contributed by atoms with Gasteiger partial charge in [0.2, 0.25) is 0 Å². The van der Waals surface area contributed by atoms with Gasteiger partial charge in [0, 0.05) is 51.0 Å². The van der Waals surface area contributed by atoms with Gasteiger partial charge < -0.3 is 5.32 Å². The van der Waals surface area contributed by atoms with Crippen LogP contribution >= 0.6 is 0 Å². The number of benzene rings is 1. The Bertz CT molecular complexity index is 485. The lowest BCUT2D eigenvalue weighted by Crippen LogP contribution is -2.49. The summed E-state index contributed by atoms with van der Waals surface area (Å²) in [4.78, 5) is 5.37. The van der Waals surface area contributed by atoms with Crippen molar-refractivity contribution in [2.45, 2.75) is 44.7 Å². The second kappa shape index (κ2) is 5.98. The van der Waals surface area contributed by atoms with Crippen LogP contribution in [0.25, 0.3) is 0 Å². The van der Waals surface area contributed by atoms with Gasteiger partial charge >= 0.3 is 0 Å². The first-order valence-electron chi connectivity index (χ1n) is 8.70. The van der Waals surface area contributed by atoms with Crippen LogP contribution in [0.1, 0.15) is 36.8 Å². The van der Waals surface area contributed by atoms with E-state index in [1.165, 1.54) is 75.1 Å². The van der Waals surface area contributed by atoms with E-state index in [1.54, 1.807) is 0 Å². The van der Waals surface area contributed by atoms with Crippen LogP contribution in [0.15, 0.2) is 18.2 Å². The molecule has 1 saturated heterocycles. The molecule has 3 nitrogen and oxygen atoms in total. The minimum Gasteiger partial charge on any atom is -0.384 e. The summed E-state index contributed by atoms with van der Waals surface area (Å²) in [6.07, 6.45) is 6.97. The zero-order chi connectivity index (χ0) is 14.1. The normalized spacial score (nSPS) is 24.2. The van der Waals surface area contributed by atoms with E-state index < -0.39 is 0 Å². The van der Waals surface area contributed by atoms with Gasteiger partial charge in [-0.2, -0.15) is 0 Å². The average Bonchev–Trinajstić information content (AvgIpc) is 3.19. The molecule has 1 saturated carbocycles. The second-order valence-corrected chi connectivity index (χ2v) is 6.92. The molecule has 3 heteroatoms. The van der Waals surface area contributed by atoms with Gasteiger partial charge in [0.05, 0.1) is 0 Å². The molecule has 4 rings (SSSR count). The molecule has 0 atom stereocenters. The Labute approximate surface area is 128 Å². The third kappa shape index (κ3) is 2.95. The van der Waals surface area contributed by atoms with E-state index in [2.05, 4.69) is 33.3 Å². The molecule has 0 unspecified atom stereocenters. The Morgan fingerprint density at radius 2 is 1.86 bits per heavy atom. The fourth-order valence-corrected chi connectivity index (χ4v) is 4.25. The highest BCUT2D eigenvalue weighted by Gasteiger charge is 2.26. The summed E-state index contributed by atoms with van der Waals surface area (Å²) in [5.41, 5.74) is 4.33. The van der Waals surface area contributed by atoms with Crippen molar-refractivity contribution >= 4 is 5.69 Å². The number of hydrogen-bond acceptors (Lipinski definition) is 3. The van der Waals surface area contributed by atoms with E-state index in [-0.39, 0.29) is 0 Å². The van der Waals surface area contributed by atoms with Crippen molar-refractivity contribution in [3.63, 3.8) is 0 Å². The third-order valence-corrected chi connectivity index (χ3v) is 5.54. The lowest BCUT2D eigenvalue weighted by molar-refractivity contribution is 0.0937. The van der Waals surface area contributed by atoms with Crippen LogP contribution < -0.4 is 5.32 Å². The molecule has 2 fully saturated rings. The maximum atomic E-state index is 3.50. The van der Waals surface area contributed by atoms with Crippen LogP contribution in [0.5, 0.6) is 0 Å². The van der Waals surface area contributed by atoms with E-state index in [4.69, 9.17) is 0 Å². The Balaban J connectivity index is 1.32. The zero-order valence-electron chi connectivity index (χ0n) is 13.0. The molecule has 1 aliphatic carbocycles. The first-order valence-corrected chi connectivity index (χ1v) is 8.70. The fourth-order valence-electron chi connectivity index (χ4n) is 4.25. The SMILES string of the molecule is c1cc2c(cc1CN1CCN(C3CCCC3)CC1)NCC2. The minimum absolute atomic E-state index is 0.899. The maximum Gasteiger partial charge on any atom is 0.0376 e. The predicted molar refractivity (Wildman–Crippen MR) is 87.7 cm³/mol. The molecule has 3 aliphatic rings. The number of rotatable bonds is 3. The zero-order valence-corrected chi connectivity index (χ0v) is 13.0. The van der Waals surface area contributed by atoms with Crippen LogP contribution in [0, 0.1) is 0 Å². The molecule has 0 radical (unpaired) electrons. The van der Waals surface area contributed by atoms with E-state index in [0.29, 0.717) is 0 Å². The van der Waals surface area contributed by atoms with Crippen molar-refractivity contribution in [3.05, 3.63) is 29.3 Å². The molecule has 0 spiro atoms. The van der Waals surface area contributed by atoms with Crippen LogP contribution in [-0.4, -0.2) is 48.6 Å². The Morgan fingerprint density at radius 3 is 2.67 bits per heavy atom. The average molecular weight is 285 g/mol. The van der Waals surface area contributed by atoms with E-state index in [1.807, 2.05) is 0 Å². The lowest BCUT2D eigenvalue weighted by Gasteiger charge is -2.38. The lowest BCUT2D eigenvalue weighted by atomic mass is 10.1. The van der Waals surface area contributed by atoms with Crippen molar-refractivity contribution < 1.29 is 0 Å². The van der Waals surface area contributed by atoms with Gasteiger partial charge in [0.15, 0.2) is 0 Å². The minimum atomic E-state index is 0.899. The number of hydrogen-bond donors (Lipinski definition) is 1. The Hall–Kier alpha value is -1.06. The highest BCUT2D eigenvalue weighted by Crippen LogP contribution is 2.26. The van der Waals surface area contributed by atoms with Crippen LogP contribution in [-0.2, 0) is 13.0 Å². The topological polar surface area (TPSA) is 18.5 Å². The molecule has 1 N–H and O–H groups in total. The number of nitrogens with one attached hydrogen (secondary N) is 1. The van der Waals surface area contributed by atoms with Crippen molar-refractivity contribution in [2.75, 3.05) is 38.0 Å². The summed E-state index contributed by atoms with van der Waals surface area (Å²) in [5.74, 6) is 0. The Kier molecular flexibility index (Phi) is 3.87. The first kappa shape index (κ1) is 13.6. The van der Waals surface area contributed by atoms with E-state index in [9.17, 15) is 0 Å². The number of piperazine rings is 1. The highest BCUT2D eigenvalue weighted by molar-refractivity contribution is 5.57. The molecule has 1 aromatic carbocycles. The monoisotopic (exact) mass is 285 g/mol. The van der Waals surface area contributed by atoms with Crippen LogP contribution in [0.2, 0.25) is 0 Å². The van der Waals surface area contributed by atoms with Gasteiger partial charge in [-0.1, -0.05) is 25.0 Å². The summed E-state index contributed by atoms with van der Waals surface area (Å²) in [7, 11) is 0. The van der Waals surface area contributed by atoms with E-state index in [0.717, 1.165) is 19.1 Å². The number of anilines is 1. The molecule has 21 heavy (non-hydrogen) atoms. The molecule has 0 aromatic heterocycles. The maximum absolute atomic E-state index is 3.50. The summed E-state index contributed by atoms with van der Waals surface area (Å²) < 4.78 is 0. The van der Waals surface area contributed by atoms with Gasteiger partial charge in [-0.3, -0.25) is 9.80 Å². The number of fused-ring (bicyclic) bond motifs is 1. The van der Waals surface area contributed by atoms with Gasteiger partial charge in [0.1, 0.15) is 0 Å². The molecular weight excluding hydrogens is 258 g/mol. The van der Waals surface area contributed by atoms with Crippen molar-refractivity contribution in [2.24, 2.45) is 0 Å². The summed E-state index contributed by atoms with van der Waals surface area (Å²) in [6, 6.07) is 7.91. The summed E-state index contributed by atoms with van der Waals surface area (Å²) in [5, 5.41) is 3.50. The molecule has 114 valence electrons. The molecule has 0 amide bonds. The second-order valence-electron chi connectivity index (χ2n) is 6.92. The van der Waals surface area contributed by atoms with Gasteiger partial charge in [-0.25, -0.2) is 0 Å². The number of nitrogens with zero attached hydrogens (tertiary/aromatic N) is 2. The van der Waals surface area contributed by atoms with Gasteiger partial charge in [-0.15, -0.1) is 0 Å². The smallest absolute Gasteiger partial charge is 0.0376 e. The van der Waals surface area contributed by atoms with Gasteiger partial charge in [0.25, 0.3) is 0 Å². The van der Waals surface area contributed by atoms with Crippen molar-refractivity contribution in [1.29, 1.82) is 0 Å². The molecule has 0 bridgehead atoms. The summed E-state index contributed by atoms with van der Waals surface area (Å²) in [6.45, 7) is 7.25. The van der Waals surface area contributed by atoms with Crippen molar-refractivity contribution in [1.82, 2.24) is 9.80 Å². The quantitative estimate of drug-likeness (QED) is 0.921. The molecule has 2 aliphatic heterocycles. The van der Waals surface area contributed by atoms with Gasteiger partial charge in [-0.05, 0) is 36.5 Å².